The minimum atomic E-state index is -0.654. The number of ether oxygens (including phenoxy) is 2. The molecular weight excluding hydrogens is 599 g/mol. The number of hydrogen-bond acceptors (Lipinski definition) is 10. The molecule has 3 aromatic carbocycles. The van der Waals surface area contributed by atoms with E-state index in [2.05, 4.69) is 20.8 Å². The summed E-state index contributed by atoms with van der Waals surface area (Å²) < 4.78 is 13.7. The number of amides is 2. The second-order valence-corrected chi connectivity index (χ2v) is 12.9. The molecule has 12 heteroatoms. The topological polar surface area (TPSA) is 149 Å². The van der Waals surface area contributed by atoms with Gasteiger partial charge in [0.25, 0.3) is 0 Å². The van der Waals surface area contributed by atoms with Crippen molar-refractivity contribution in [1.29, 1.82) is 0 Å². The van der Waals surface area contributed by atoms with E-state index in [-0.39, 0.29) is 43.5 Å². The number of para-hydroxylation sites is 2. The Morgan fingerprint density at radius 3 is 2.48 bits per heavy atom. The Kier molecular flexibility index (Phi) is 11.0. The number of rotatable bonds is 12. The minimum Gasteiger partial charge on any atom is -0.397 e. The average Bonchev–Trinajstić information content (AvgIpc) is 3.46. The largest absolute Gasteiger partial charge is 0.397 e. The summed E-state index contributed by atoms with van der Waals surface area (Å²) in [6.45, 7) is 1.91. The standard InChI is InChI=1S/C32H35N5O5S2/c1-20-36-37-32(44-20)43-19-25-17-28(22-14-12-21(18-38)13-15-22)42-31(41-25)23-6-4-7-24(16-23)34-29(39)10-5-11-30(40)35-27-9-3-2-8-26(27)33/h2-4,6-9,12-16,25,28,31,38H,5,10-11,17-19,33H2,1H3,(H,34,39)(H,35,40)/t25-,28+,31+/m1/s1. The van der Waals surface area contributed by atoms with Crippen molar-refractivity contribution in [3.63, 3.8) is 0 Å². The second kappa shape index (κ2) is 15.3. The molecule has 0 spiro atoms. The van der Waals surface area contributed by atoms with Crippen LogP contribution in [0.4, 0.5) is 17.1 Å². The van der Waals surface area contributed by atoms with Gasteiger partial charge in [-0.1, -0.05) is 71.6 Å². The van der Waals surface area contributed by atoms with Crippen molar-refractivity contribution in [3.05, 3.63) is 94.5 Å². The first-order valence-corrected chi connectivity index (χ1v) is 16.1. The summed E-state index contributed by atoms with van der Waals surface area (Å²) in [5, 5.41) is 24.4. The third-order valence-electron chi connectivity index (χ3n) is 7.00. The van der Waals surface area contributed by atoms with Crippen LogP contribution >= 0.6 is 23.1 Å². The SMILES string of the molecule is Cc1nnc(SC[C@H]2C[C@@H](c3ccc(CO)cc3)O[C@@H](c3cccc(NC(=O)CCCC(=O)Nc4ccccc4N)c3)O2)s1. The molecule has 10 nitrogen and oxygen atoms in total. The van der Waals surface area contributed by atoms with E-state index >= 15 is 0 Å². The van der Waals surface area contributed by atoms with Gasteiger partial charge in [-0.2, -0.15) is 0 Å². The van der Waals surface area contributed by atoms with Gasteiger partial charge in [-0.15, -0.1) is 10.2 Å². The molecule has 2 heterocycles. The van der Waals surface area contributed by atoms with Gasteiger partial charge >= 0.3 is 0 Å². The van der Waals surface area contributed by atoms with Crippen LogP contribution in [0.1, 0.15) is 59.8 Å². The van der Waals surface area contributed by atoms with Crippen LogP contribution in [0.5, 0.6) is 0 Å². The summed E-state index contributed by atoms with van der Waals surface area (Å²) in [6, 6.07) is 22.2. The number of anilines is 3. The highest BCUT2D eigenvalue weighted by Crippen LogP contribution is 2.40. The van der Waals surface area contributed by atoms with Gasteiger partial charge in [0.1, 0.15) is 5.01 Å². The zero-order valence-electron chi connectivity index (χ0n) is 24.3. The van der Waals surface area contributed by atoms with Crippen molar-refractivity contribution in [3.8, 4) is 0 Å². The van der Waals surface area contributed by atoms with E-state index in [1.165, 1.54) is 0 Å². The van der Waals surface area contributed by atoms with E-state index in [1.54, 1.807) is 47.4 Å². The van der Waals surface area contributed by atoms with Gasteiger partial charge < -0.3 is 30.9 Å². The molecule has 5 N–H and O–H groups in total. The third kappa shape index (κ3) is 8.87. The molecule has 0 unspecified atom stereocenters. The number of thioether (sulfide) groups is 1. The van der Waals surface area contributed by atoms with E-state index in [9.17, 15) is 14.7 Å². The number of nitrogens with zero attached hydrogens (tertiary/aromatic N) is 2. The summed E-state index contributed by atoms with van der Waals surface area (Å²) in [5.74, 6) is 0.294. The maximum atomic E-state index is 12.7. The van der Waals surface area contributed by atoms with E-state index < -0.39 is 6.29 Å². The zero-order chi connectivity index (χ0) is 30.9. The lowest BCUT2D eigenvalue weighted by Gasteiger charge is -2.36. The Balaban J connectivity index is 1.20. The van der Waals surface area contributed by atoms with Crippen molar-refractivity contribution in [1.82, 2.24) is 10.2 Å². The molecule has 4 aromatic rings. The predicted octanol–water partition coefficient (Wildman–Crippen LogP) is 6.01. The first kappa shape index (κ1) is 31.6. The van der Waals surface area contributed by atoms with Gasteiger partial charge in [0.05, 0.1) is 30.2 Å². The molecule has 0 bridgehead atoms. The molecule has 0 saturated carbocycles. The number of nitrogens with one attached hydrogen (secondary N) is 2. The first-order chi connectivity index (χ1) is 21.4. The highest BCUT2D eigenvalue weighted by atomic mass is 32.2. The fraction of sp³-hybridized carbons (Fsp3) is 0.312. The van der Waals surface area contributed by atoms with Crippen LogP contribution in [0, 0.1) is 6.92 Å². The Labute approximate surface area is 264 Å². The van der Waals surface area contributed by atoms with Crippen LogP contribution < -0.4 is 16.4 Å². The number of aromatic nitrogens is 2. The van der Waals surface area contributed by atoms with Gasteiger partial charge in [0.15, 0.2) is 10.6 Å². The van der Waals surface area contributed by atoms with E-state index in [0.29, 0.717) is 35.7 Å². The maximum absolute atomic E-state index is 12.7. The summed E-state index contributed by atoms with van der Waals surface area (Å²) in [5.41, 5.74) is 10.2. The molecule has 1 aliphatic heterocycles. The lowest BCUT2D eigenvalue weighted by molar-refractivity contribution is -0.245. The number of carbonyl (C=O) groups is 2. The summed E-state index contributed by atoms with van der Waals surface area (Å²) in [4.78, 5) is 25.0. The first-order valence-electron chi connectivity index (χ1n) is 14.3. The number of carbonyl (C=O) groups excluding carboxylic acids is 2. The van der Waals surface area contributed by atoms with Gasteiger partial charge in [0.2, 0.25) is 11.8 Å². The van der Waals surface area contributed by atoms with Crippen molar-refractivity contribution < 1.29 is 24.2 Å². The molecule has 230 valence electrons. The predicted molar refractivity (Wildman–Crippen MR) is 172 cm³/mol. The molecule has 1 aromatic heterocycles. The smallest absolute Gasteiger partial charge is 0.224 e. The lowest BCUT2D eigenvalue weighted by Crippen LogP contribution is -2.31. The molecular formula is C32H35N5O5S2. The molecule has 1 saturated heterocycles. The quantitative estimate of drug-likeness (QED) is 0.109. The van der Waals surface area contributed by atoms with Crippen LogP contribution in [0.25, 0.3) is 0 Å². The number of aliphatic hydroxyl groups excluding tert-OH is 1. The normalized spacial score (nSPS) is 18.1. The molecule has 44 heavy (non-hydrogen) atoms. The fourth-order valence-corrected chi connectivity index (χ4v) is 6.60. The lowest BCUT2D eigenvalue weighted by atomic mass is 10.0. The Bertz CT molecular complexity index is 1560. The second-order valence-electron chi connectivity index (χ2n) is 10.4. The van der Waals surface area contributed by atoms with Gasteiger partial charge in [-0.25, -0.2) is 0 Å². The van der Waals surface area contributed by atoms with Crippen LogP contribution in [0.15, 0.2) is 77.1 Å². The van der Waals surface area contributed by atoms with Crippen LogP contribution in [0.3, 0.4) is 0 Å². The maximum Gasteiger partial charge on any atom is 0.224 e. The number of aliphatic hydroxyl groups is 1. The molecule has 1 aliphatic rings. The number of nitrogen functional groups attached to an aromatic ring is 1. The van der Waals surface area contributed by atoms with Crippen molar-refractivity contribution >= 4 is 52.0 Å². The minimum absolute atomic E-state index is 0.0212. The molecule has 5 rings (SSSR count). The number of nitrogens with two attached hydrogens (primary N) is 1. The Morgan fingerprint density at radius 1 is 0.977 bits per heavy atom. The summed E-state index contributed by atoms with van der Waals surface area (Å²) in [7, 11) is 0. The molecule has 1 fully saturated rings. The Morgan fingerprint density at radius 2 is 1.75 bits per heavy atom. The van der Waals surface area contributed by atoms with Crippen molar-refractivity contribution in [2.75, 3.05) is 22.1 Å². The van der Waals surface area contributed by atoms with Gasteiger partial charge in [-0.3, -0.25) is 9.59 Å². The fourth-order valence-electron chi connectivity index (χ4n) is 4.74. The van der Waals surface area contributed by atoms with Gasteiger partial charge in [0, 0.05) is 36.3 Å². The van der Waals surface area contributed by atoms with Crippen LogP contribution in [0.2, 0.25) is 0 Å². The zero-order valence-corrected chi connectivity index (χ0v) is 25.9. The van der Waals surface area contributed by atoms with E-state index in [0.717, 1.165) is 26.0 Å². The third-order valence-corrected chi connectivity index (χ3v) is 9.10. The highest BCUT2D eigenvalue weighted by molar-refractivity contribution is 8.01. The molecule has 0 aliphatic carbocycles. The van der Waals surface area contributed by atoms with E-state index in [4.69, 9.17) is 15.2 Å². The van der Waals surface area contributed by atoms with Crippen molar-refractivity contribution in [2.45, 2.75) is 62.1 Å². The highest BCUT2D eigenvalue weighted by Gasteiger charge is 2.32. The van der Waals surface area contributed by atoms with E-state index in [1.807, 2.05) is 55.5 Å². The van der Waals surface area contributed by atoms with Crippen LogP contribution in [-0.4, -0.2) is 39.0 Å². The van der Waals surface area contributed by atoms with Crippen molar-refractivity contribution in [2.24, 2.45) is 0 Å². The number of hydrogen-bond donors (Lipinski definition) is 4. The summed E-state index contributed by atoms with van der Waals surface area (Å²) >= 11 is 3.16. The van der Waals surface area contributed by atoms with Gasteiger partial charge in [-0.05, 0) is 48.7 Å². The Hall–Kier alpha value is -3.81. The molecule has 3 atom stereocenters. The molecule has 0 radical (unpaired) electrons. The number of aryl methyl sites for hydroxylation is 1. The van der Waals surface area contributed by atoms with Crippen LogP contribution in [-0.2, 0) is 25.7 Å². The monoisotopic (exact) mass is 633 g/mol. The summed E-state index contributed by atoms with van der Waals surface area (Å²) in [6.07, 6.45) is 0.430. The number of benzene rings is 3. The average molecular weight is 634 g/mol. The molecule has 2 amide bonds.